The van der Waals surface area contributed by atoms with Gasteiger partial charge in [0.15, 0.2) is 0 Å². The van der Waals surface area contributed by atoms with E-state index in [2.05, 4.69) is 217 Å². The van der Waals surface area contributed by atoms with Crippen LogP contribution in [0.15, 0.2) is 0 Å². The molecule has 0 unspecified atom stereocenters. The van der Waals surface area contributed by atoms with Crippen LogP contribution in [0.25, 0.3) is 65.3 Å². The minimum Gasteiger partial charge on any atom is -0.112 e. The van der Waals surface area contributed by atoms with Crippen molar-refractivity contribution in [3.05, 3.63) is 100 Å². The second-order valence-corrected chi connectivity index (χ2v) is 26.0. The molecule has 0 atom stereocenters. The quantitative estimate of drug-likeness (QED) is 0.0886. The summed E-state index contributed by atoms with van der Waals surface area (Å²) in [6.07, 6.45) is 2.05. The average molecular weight is 943 g/mol. The predicted octanol–water partition coefficient (Wildman–Crippen LogP) is -3.45. The third-order valence-corrected chi connectivity index (χ3v) is 21.3. The second-order valence-electron chi connectivity index (χ2n) is 26.0. The second kappa shape index (κ2) is 21.3. The maximum Gasteiger partial charge on any atom is 0.0976 e. The molecule has 7 aromatic rings. The highest BCUT2D eigenvalue weighted by Gasteiger charge is 2.40. The molecule has 0 aliphatic carbocycles. The molecule has 0 nitrogen and oxygen atoms in total. The van der Waals surface area contributed by atoms with Crippen molar-refractivity contribution in [1.82, 2.24) is 0 Å². The van der Waals surface area contributed by atoms with Crippen LogP contribution < -0.4 is 21.9 Å². The van der Waals surface area contributed by atoms with E-state index in [1.807, 2.05) is 0 Å². The molecular formula is C52H80B22. The third-order valence-electron chi connectivity index (χ3n) is 21.3. The Morgan fingerprint density at radius 3 is 0.946 bits per heavy atom. The van der Waals surface area contributed by atoms with Crippen LogP contribution in [0.5, 0.6) is 0 Å². The van der Waals surface area contributed by atoms with Gasteiger partial charge in [-0.15, -0.1) is 10.9 Å². The molecule has 0 heterocycles. The van der Waals surface area contributed by atoms with Crippen LogP contribution in [0.2, 0.25) is 0 Å². The summed E-state index contributed by atoms with van der Waals surface area (Å²) in [5.41, 5.74) is 38.4. The first-order valence-corrected chi connectivity index (χ1v) is 29.5. The number of fused-ring (bicyclic) bond motifs is 4. The van der Waals surface area contributed by atoms with Crippen molar-refractivity contribution in [1.29, 1.82) is 0 Å². The molecule has 0 amide bonds. The van der Waals surface area contributed by atoms with Crippen LogP contribution >= 0.6 is 0 Å². The van der Waals surface area contributed by atoms with Crippen molar-refractivity contribution >= 4 is 223 Å². The summed E-state index contributed by atoms with van der Waals surface area (Å²) >= 11 is 0. The smallest absolute Gasteiger partial charge is 0.0976 e. The topological polar surface area (TPSA) is 0 Å². The van der Waals surface area contributed by atoms with E-state index in [0.717, 1.165) is 14.1 Å². The van der Waals surface area contributed by atoms with Gasteiger partial charge in [0.25, 0.3) is 0 Å². The Morgan fingerprint density at radius 2 is 0.568 bits per heavy atom. The van der Waals surface area contributed by atoms with E-state index >= 15 is 0 Å². The Labute approximate surface area is 467 Å². The van der Waals surface area contributed by atoms with E-state index in [9.17, 15) is 0 Å². The standard InChI is InChI=1S/C52H80B22/c1-19-21(3)28(10)40-37(25(19)7)27(9)23(5)30(12)42(40)43-31(13)24(6)32(14)44-45(43)35(17)38-26(8)20(2)22(4)29(11)41(38)47(44)46-34(16)33(15)39-36(18)49(70(73(61)62)74(63)64)52(69(66-54)72(59)60)51(68(56)71(57)58)48(39)50(46)67(55)65-53/h65-66H,53-64H2,1-18H3. The maximum absolute atomic E-state index is 2.60. The van der Waals surface area contributed by atoms with E-state index in [4.69, 9.17) is 0 Å². The van der Waals surface area contributed by atoms with Crippen LogP contribution in [0.3, 0.4) is 0 Å². The van der Waals surface area contributed by atoms with Crippen LogP contribution in [-0.4, -0.2) is 158 Å². The molecule has 0 radical (unpaired) electrons. The summed E-state index contributed by atoms with van der Waals surface area (Å²) < 4.78 is 0. The average Bonchev–Trinajstić information content (AvgIpc) is 3.34. The number of benzene rings is 7. The molecule has 0 fully saturated rings. The highest BCUT2D eigenvalue weighted by atomic mass is 14.3. The van der Waals surface area contributed by atoms with Gasteiger partial charge in [0.05, 0.1) is 133 Å². The van der Waals surface area contributed by atoms with Crippen LogP contribution in [0.4, 0.5) is 0 Å². The molecule has 0 saturated heterocycles. The van der Waals surface area contributed by atoms with Crippen molar-refractivity contribution in [2.45, 2.75) is 125 Å². The molecular weight excluding hydrogens is 862 g/mol. The monoisotopic (exact) mass is 947 g/mol. The van der Waals surface area contributed by atoms with Crippen LogP contribution in [0, 0.1) is 125 Å². The molecule has 7 aromatic carbocycles. The predicted molar refractivity (Wildman–Crippen MR) is 394 cm³/mol. The van der Waals surface area contributed by atoms with Crippen LogP contribution in [-0.2, 0) is 0 Å². The lowest BCUT2D eigenvalue weighted by Crippen LogP contribution is -2.74. The van der Waals surface area contributed by atoms with E-state index < -0.39 is 0 Å². The van der Waals surface area contributed by atoms with Crippen molar-refractivity contribution in [3.63, 3.8) is 0 Å². The van der Waals surface area contributed by atoms with Crippen molar-refractivity contribution < 1.29 is 0 Å². The Morgan fingerprint density at radius 1 is 0.243 bits per heavy atom. The first-order chi connectivity index (χ1) is 34.4. The summed E-state index contributed by atoms with van der Waals surface area (Å²) in [4.78, 5) is 0. The zero-order valence-corrected chi connectivity index (χ0v) is 53.0. The molecule has 0 aliphatic heterocycles. The van der Waals surface area contributed by atoms with Crippen molar-refractivity contribution in [2.24, 2.45) is 0 Å². The van der Waals surface area contributed by atoms with E-state index in [1.54, 1.807) is 38.2 Å². The minimum atomic E-state index is 0.321. The first kappa shape index (κ1) is 58.7. The van der Waals surface area contributed by atoms with Gasteiger partial charge in [-0.2, -0.15) is 0 Å². The maximum atomic E-state index is 2.60. The third kappa shape index (κ3) is 8.57. The molecule has 7 rings (SSSR count). The molecule has 354 valence electrons. The van der Waals surface area contributed by atoms with E-state index in [-0.39, 0.29) is 0 Å². The van der Waals surface area contributed by atoms with Gasteiger partial charge in [-0.05, 0) is 285 Å². The van der Waals surface area contributed by atoms with Gasteiger partial charge < -0.3 is 0 Å². The number of hydrogen-bond acceptors (Lipinski definition) is 0. The van der Waals surface area contributed by atoms with Crippen molar-refractivity contribution in [2.75, 3.05) is 0 Å². The fraction of sp³-hybridized carbons (Fsp3) is 0.346. The number of aryl methyl sites for hydroxylation is 9. The molecule has 0 aliphatic rings. The summed E-state index contributed by atoms with van der Waals surface area (Å²) in [7, 11) is 32.4. The fourth-order valence-corrected chi connectivity index (χ4v) is 15.5. The number of rotatable bonds is 12. The fourth-order valence-electron chi connectivity index (χ4n) is 15.5. The molecule has 0 spiro atoms. The lowest BCUT2D eigenvalue weighted by atomic mass is 8.70. The normalized spacial score (nSPS) is 11.5. The van der Waals surface area contributed by atoms with Gasteiger partial charge >= 0.3 is 0 Å². The van der Waals surface area contributed by atoms with Gasteiger partial charge in [0.2, 0.25) is 0 Å². The van der Waals surface area contributed by atoms with E-state index in [0.29, 0.717) is 51.5 Å². The Kier molecular flexibility index (Phi) is 16.9. The Balaban J connectivity index is 1.99. The summed E-state index contributed by atoms with van der Waals surface area (Å²) in [6, 6.07) is 0. The van der Waals surface area contributed by atoms with Gasteiger partial charge in [-0.3, -0.25) is 0 Å². The lowest BCUT2D eigenvalue weighted by Gasteiger charge is -2.38. The summed E-state index contributed by atoms with van der Waals surface area (Å²) in [5, 5.41) is 11.9. The summed E-state index contributed by atoms with van der Waals surface area (Å²) in [5.74, 6) is 0. The molecule has 0 aromatic heterocycles. The van der Waals surface area contributed by atoms with Gasteiger partial charge in [0.1, 0.15) is 0 Å². The van der Waals surface area contributed by atoms with Gasteiger partial charge in [-0.1, -0.05) is 16.5 Å². The summed E-state index contributed by atoms with van der Waals surface area (Å²) in [6.45, 7) is 45.6. The van der Waals surface area contributed by atoms with E-state index in [1.165, 1.54) is 149 Å². The zero-order chi connectivity index (χ0) is 55.7. The van der Waals surface area contributed by atoms with Crippen molar-refractivity contribution in [3.8, 4) is 22.3 Å². The number of hydrogen-bond donors (Lipinski definition) is 0. The van der Waals surface area contributed by atoms with Gasteiger partial charge in [0, 0.05) is 25.5 Å². The zero-order valence-electron chi connectivity index (χ0n) is 53.0. The molecule has 22 heteroatoms. The minimum absolute atomic E-state index is 0.321. The van der Waals surface area contributed by atoms with Crippen LogP contribution in [0.1, 0.15) is 100 Å². The lowest BCUT2D eigenvalue weighted by molar-refractivity contribution is 1.22. The SMILES string of the molecule is BBB(B(B)B)c1c(B(B(B)B)B(B)B)c(C)c2c(C)c(C)c(-c3c4c(C)c(C)c(C)c(C)c4c(C)c4c(-c5c(C)c(C)c(C)c6c(C)c(C)c(C)c(C)c56)c(C)c(C)c(C)c34)c(B(B)BB)c2c1B(B)B(B)B. The van der Waals surface area contributed by atoms with Gasteiger partial charge in [-0.25, -0.2) is 0 Å². The highest BCUT2D eigenvalue weighted by Crippen LogP contribution is 2.53. The Bertz CT molecular complexity index is 3510. The molecule has 74 heavy (non-hydrogen) atoms. The highest BCUT2D eigenvalue weighted by molar-refractivity contribution is 7.85. The largest absolute Gasteiger partial charge is 0.112 e. The molecule has 0 saturated carbocycles. The molecule has 0 N–H and O–H groups in total. The first-order valence-electron chi connectivity index (χ1n) is 29.5. The Hall–Kier alpha value is -2.99. The molecule has 0 bridgehead atoms.